The van der Waals surface area contributed by atoms with Crippen LogP contribution in [0.15, 0.2) is 30.5 Å². The molecule has 1 aliphatic carbocycles. The minimum absolute atomic E-state index is 0.188. The van der Waals surface area contributed by atoms with Gasteiger partial charge in [-0.05, 0) is 50.3 Å². The molecule has 0 spiro atoms. The Morgan fingerprint density at radius 1 is 1.48 bits per heavy atom. The molecule has 3 heteroatoms. The maximum absolute atomic E-state index is 12.6. The number of aryl methyl sites for hydroxylation is 1. The molecule has 21 heavy (non-hydrogen) atoms. The molecule has 1 atom stereocenters. The maximum atomic E-state index is 12.6. The number of hydrogen-bond acceptors (Lipinski definition) is 2. The van der Waals surface area contributed by atoms with Gasteiger partial charge in [0.15, 0.2) is 0 Å². The molecule has 2 rings (SSSR count). The van der Waals surface area contributed by atoms with Crippen LogP contribution in [0.3, 0.4) is 0 Å². The number of hydrogen-bond donors (Lipinski definition) is 0. The zero-order chi connectivity index (χ0) is 15.4. The second kappa shape index (κ2) is 7.13. The zero-order valence-electron chi connectivity index (χ0n) is 12.8. The number of ether oxygens (including phenoxy) is 1. The summed E-state index contributed by atoms with van der Waals surface area (Å²) < 4.78 is 5.52. The molecule has 1 fully saturated rings. The average Bonchev–Trinajstić information content (AvgIpc) is 2.38. The Kier molecular flexibility index (Phi) is 5.46. The summed E-state index contributed by atoms with van der Waals surface area (Å²) in [6.07, 6.45) is 3.78. The number of ketones is 1. The van der Waals surface area contributed by atoms with Crippen LogP contribution in [0.4, 0.5) is 0 Å². The maximum Gasteiger partial charge on any atom is 0.146 e. The Balaban J connectivity index is 2.15. The van der Waals surface area contributed by atoms with Gasteiger partial charge >= 0.3 is 0 Å². The first-order valence-electron chi connectivity index (χ1n) is 7.63. The predicted octanol–water partition coefficient (Wildman–Crippen LogP) is 4.73. The van der Waals surface area contributed by atoms with Crippen molar-refractivity contribution in [1.29, 1.82) is 0 Å². The number of rotatable bonds is 7. The Hall–Kier alpha value is -1.28. The first kappa shape index (κ1) is 16.1. The summed E-state index contributed by atoms with van der Waals surface area (Å²) in [5.74, 6) is 0.796. The summed E-state index contributed by atoms with van der Waals surface area (Å²) in [5.41, 5.74) is 2.11. The summed E-state index contributed by atoms with van der Waals surface area (Å²) in [6.45, 7) is 8.40. The largest absolute Gasteiger partial charge is 0.498 e. The van der Waals surface area contributed by atoms with Crippen molar-refractivity contribution in [3.05, 3.63) is 46.7 Å². The van der Waals surface area contributed by atoms with E-state index in [2.05, 4.69) is 6.58 Å². The monoisotopic (exact) mass is 306 g/mol. The van der Waals surface area contributed by atoms with E-state index in [4.69, 9.17) is 16.3 Å². The van der Waals surface area contributed by atoms with Crippen LogP contribution in [0.1, 0.15) is 37.3 Å². The molecule has 1 saturated carbocycles. The Bertz CT molecular complexity index is 532. The topological polar surface area (TPSA) is 26.3 Å². The van der Waals surface area contributed by atoms with Crippen molar-refractivity contribution in [2.24, 2.45) is 11.8 Å². The van der Waals surface area contributed by atoms with Crippen LogP contribution in [0.5, 0.6) is 0 Å². The van der Waals surface area contributed by atoms with E-state index in [-0.39, 0.29) is 17.6 Å². The van der Waals surface area contributed by atoms with E-state index in [0.717, 1.165) is 35.4 Å². The molecule has 0 aromatic heterocycles. The van der Waals surface area contributed by atoms with Gasteiger partial charge < -0.3 is 4.74 Å². The van der Waals surface area contributed by atoms with Crippen LogP contribution < -0.4 is 0 Å². The Labute approximate surface area is 132 Å². The van der Waals surface area contributed by atoms with E-state index in [0.29, 0.717) is 18.8 Å². The molecule has 0 saturated heterocycles. The summed E-state index contributed by atoms with van der Waals surface area (Å²) in [4.78, 5) is 12.6. The fraction of sp³-hybridized carbons (Fsp3) is 0.500. The quantitative estimate of drug-likeness (QED) is 0.681. The standard InChI is InChI=1S/C18H23ClO2/c1-4-21-13(3)16(18(20)15-6-5-7-15)10-14-9-8-12(2)17(19)11-14/h8-9,11,15-16H,3-7,10H2,1-2H3. The molecule has 0 radical (unpaired) electrons. The van der Waals surface area contributed by atoms with Crippen molar-refractivity contribution >= 4 is 17.4 Å². The van der Waals surface area contributed by atoms with Crippen LogP contribution in [0.2, 0.25) is 5.02 Å². The van der Waals surface area contributed by atoms with Gasteiger partial charge in [-0.15, -0.1) is 0 Å². The fourth-order valence-electron chi connectivity index (χ4n) is 2.64. The normalized spacial score (nSPS) is 16.1. The fourth-order valence-corrected chi connectivity index (χ4v) is 2.84. The van der Waals surface area contributed by atoms with Crippen molar-refractivity contribution in [2.75, 3.05) is 6.61 Å². The summed E-state index contributed by atoms with van der Waals surface area (Å²) in [7, 11) is 0. The van der Waals surface area contributed by atoms with E-state index in [9.17, 15) is 4.79 Å². The Morgan fingerprint density at radius 3 is 2.71 bits per heavy atom. The average molecular weight is 307 g/mol. The number of Topliss-reactive ketones (excluding diaryl/α,β-unsaturated/α-hetero) is 1. The van der Waals surface area contributed by atoms with E-state index >= 15 is 0 Å². The molecule has 2 nitrogen and oxygen atoms in total. The molecule has 1 aromatic rings. The molecule has 0 N–H and O–H groups in total. The van der Waals surface area contributed by atoms with Gasteiger partial charge in [0, 0.05) is 10.9 Å². The number of benzene rings is 1. The molecule has 1 aromatic carbocycles. The third kappa shape index (κ3) is 3.88. The van der Waals surface area contributed by atoms with Gasteiger partial charge in [-0.2, -0.15) is 0 Å². The van der Waals surface area contributed by atoms with Gasteiger partial charge in [-0.25, -0.2) is 0 Å². The van der Waals surface area contributed by atoms with Crippen LogP contribution >= 0.6 is 11.6 Å². The summed E-state index contributed by atoms with van der Waals surface area (Å²) in [5, 5.41) is 0.740. The van der Waals surface area contributed by atoms with Crippen LogP contribution in [0.25, 0.3) is 0 Å². The predicted molar refractivity (Wildman–Crippen MR) is 86.5 cm³/mol. The number of halogens is 1. The second-order valence-electron chi connectivity index (χ2n) is 5.77. The van der Waals surface area contributed by atoms with E-state index in [1.807, 2.05) is 32.0 Å². The molecule has 0 bridgehead atoms. The first-order chi connectivity index (χ1) is 10.0. The van der Waals surface area contributed by atoms with Crippen molar-refractivity contribution < 1.29 is 9.53 Å². The van der Waals surface area contributed by atoms with Crippen LogP contribution in [0, 0.1) is 18.8 Å². The molecular formula is C18H23ClO2. The van der Waals surface area contributed by atoms with Gasteiger partial charge in [0.05, 0.1) is 18.3 Å². The lowest BCUT2D eigenvalue weighted by Gasteiger charge is -2.29. The van der Waals surface area contributed by atoms with Crippen LogP contribution in [-0.2, 0) is 16.0 Å². The lowest BCUT2D eigenvalue weighted by atomic mass is 9.76. The third-order valence-corrected chi connectivity index (χ3v) is 4.65. The highest BCUT2D eigenvalue weighted by Gasteiger charge is 2.33. The Morgan fingerprint density at radius 2 is 2.19 bits per heavy atom. The van der Waals surface area contributed by atoms with E-state index in [1.54, 1.807) is 0 Å². The number of carbonyl (C=O) groups is 1. The zero-order valence-corrected chi connectivity index (χ0v) is 13.6. The van der Waals surface area contributed by atoms with Crippen molar-refractivity contribution in [2.45, 2.75) is 39.5 Å². The summed E-state index contributed by atoms with van der Waals surface area (Å²) in [6, 6.07) is 5.96. The van der Waals surface area contributed by atoms with Gasteiger partial charge in [0.2, 0.25) is 0 Å². The first-order valence-corrected chi connectivity index (χ1v) is 8.01. The third-order valence-electron chi connectivity index (χ3n) is 4.25. The van der Waals surface area contributed by atoms with Crippen molar-refractivity contribution in [1.82, 2.24) is 0 Å². The summed E-state index contributed by atoms with van der Waals surface area (Å²) >= 11 is 6.18. The van der Waals surface area contributed by atoms with Gasteiger partial charge in [0.25, 0.3) is 0 Å². The molecule has 114 valence electrons. The highest BCUT2D eigenvalue weighted by Crippen LogP contribution is 2.33. The van der Waals surface area contributed by atoms with Crippen molar-refractivity contribution in [3.63, 3.8) is 0 Å². The van der Waals surface area contributed by atoms with Gasteiger partial charge in [0.1, 0.15) is 5.78 Å². The molecule has 0 amide bonds. The molecule has 1 aliphatic rings. The molecule has 1 unspecified atom stereocenters. The lowest BCUT2D eigenvalue weighted by molar-refractivity contribution is -0.129. The lowest BCUT2D eigenvalue weighted by Crippen LogP contribution is -2.31. The molecular weight excluding hydrogens is 284 g/mol. The highest BCUT2D eigenvalue weighted by atomic mass is 35.5. The van der Waals surface area contributed by atoms with E-state index < -0.39 is 0 Å². The minimum Gasteiger partial charge on any atom is -0.498 e. The highest BCUT2D eigenvalue weighted by molar-refractivity contribution is 6.31. The number of allylic oxidation sites excluding steroid dienone is 1. The van der Waals surface area contributed by atoms with Crippen LogP contribution in [-0.4, -0.2) is 12.4 Å². The van der Waals surface area contributed by atoms with Crippen molar-refractivity contribution in [3.8, 4) is 0 Å². The SMILES string of the molecule is C=C(OCC)C(Cc1ccc(C)c(Cl)c1)C(=O)C1CCC1. The van der Waals surface area contributed by atoms with Gasteiger partial charge in [-0.1, -0.05) is 36.7 Å². The smallest absolute Gasteiger partial charge is 0.146 e. The molecule has 0 aliphatic heterocycles. The second-order valence-corrected chi connectivity index (χ2v) is 6.18. The minimum atomic E-state index is -0.256. The number of carbonyl (C=O) groups excluding carboxylic acids is 1. The molecule has 0 heterocycles. The van der Waals surface area contributed by atoms with Gasteiger partial charge in [-0.3, -0.25) is 4.79 Å². The van der Waals surface area contributed by atoms with E-state index in [1.165, 1.54) is 0 Å².